The van der Waals surface area contributed by atoms with Crippen molar-refractivity contribution in [2.24, 2.45) is 5.41 Å². The van der Waals surface area contributed by atoms with Crippen molar-refractivity contribution in [3.63, 3.8) is 0 Å². The van der Waals surface area contributed by atoms with E-state index in [0.717, 1.165) is 12.8 Å². The molecule has 1 atom stereocenters. The molecule has 0 bridgehead atoms. The molecular formula is C6H11F. The van der Waals surface area contributed by atoms with Gasteiger partial charge in [0.2, 0.25) is 0 Å². The summed E-state index contributed by atoms with van der Waals surface area (Å²) in [6.45, 7) is 3.64. The summed E-state index contributed by atoms with van der Waals surface area (Å²) in [5.41, 5.74) is 0.0833. The number of hydrogen-bond acceptors (Lipinski definition) is 0. The normalized spacial score (nSPS) is 29.6. The van der Waals surface area contributed by atoms with Crippen LogP contribution in [0, 0.1) is 5.41 Å². The van der Waals surface area contributed by atoms with Crippen molar-refractivity contribution in [3.8, 4) is 0 Å². The Morgan fingerprint density at radius 1 is 1.57 bits per heavy atom. The van der Waals surface area contributed by atoms with Crippen molar-refractivity contribution in [2.45, 2.75) is 32.9 Å². The van der Waals surface area contributed by atoms with E-state index in [1.165, 1.54) is 0 Å². The highest BCUT2D eigenvalue weighted by molar-refractivity contribution is 4.92. The molecule has 1 rings (SSSR count). The summed E-state index contributed by atoms with van der Waals surface area (Å²) in [5.74, 6) is 0. The minimum Gasteiger partial charge on any atom is -0.247 e. The second kappa shape index (κ2) is 1.21. The van der Waals surface area contributed by atoms with Crippen molar-refractivity contribution in [3.05, 3.63) is 0 Å². The summed E-state index contributed by atoms with van der Waals surface area (Å²) in [6.07, 6.45) is 1.59. The zero-order valence-corrected chi connectivity index (χ0v) is 4.87. The summed E-state index contributed by atoms with van der Waals surface area (Å²) in [6, 6.07) is 0. The molecule has 7 heavy (non-hydrogen) atoms. The Bertz CT molecular complexity index is 72.2. The van der Waals surface area contributed by atoms with Gasteiger partial charge in [0.05, 0.1) is 0 Å². The standard InChI is InChI=1S/C6H11F/c1-5(7)6(2)3-4-6/h5H,3-4H2,1-2H3. The molecule has 0 N–H and O–H groups in total. The molecule has 0 aromatic heterocycles. The average Bonchev–Trinajstić information content (AvgIpc) is 2.21. The van der Waals surface area contributed by atoms with Gasteiger partial charge in [0.1, 0.15) is 6.17 Å². The smallest absolute Gasteiger partial charge is 0.103 e. The van der Waals surface area contributed by atoms with Crippen LogP contribution in [-0.2, 0) is 0 Å². The van der Waals surface area contributed by atoms with E-state index in [4.69, 9.17) is 0 Å². The van der Waals surface area contributed by atoms with E-state index in [1.54, 1.807) is 6.92 Å². The molecular weight excluding hydrogens is 91.1 g/mol. The van der Waals surface area contributed by atoms with Gasteiger partial charge in [-0.15, -0.1) is 0 Å². The van der Waals surface area contributed by atoms with Crippen LogP contribution in [0.5, 0.6) is 0 Å². The Morgan fingerprint density at radius 2 is 2.00 bits per heavy atom. The molecule has 42 valence electrons. The Labute approximate surface area is 43.7 Å². The molecule has 1 aliphatic rings. The first-order valence-electron chi connectivity index (χ1n) is 2.79. The zero-order valence-electron chi connectivity index (χ0n) is 4.87. The van der Waals surface area contributed by atoms with Crippen LogP contribution >= 0.6 is 0 Å². The first-order chi connectivity index (χ1) is 3.15. The lowest BCUT2D eigenvalue weighted by Gasteiger charge is -2.06. The van der Waals surface area contributed by atoms with Gasteiger partial charge in [0.15, 0.2) is 0 Å². The van der Waals surface area contributed by atoms with E-state index in [9.17, 15) is 4.39 Å². The van der Waals surface area contributed by atoms with Gasteiger partial charge in [-0.2, -0.15) is 0 Å². The van der Waals surface area contributed by atoms with Crippen LogP contribution in [0.2, 0.25) is 0 Å². The third-order valence-corrected chi connectivity index (χ3v) is 2.00. The summed E-state index contributed by atoms with van der Waals surface area (Å²) >= 11 is 0. The minimum atomic E-state index is -0.590. The fraction of sp³-hybridized carbons (Fsp3) is 1.00. The number of hydrogen-bond donors (Lipinski definition) is 0. The number of alkyl halides is 1. The van der Waals surface area contributed by atoms with E-state index in [2.05, 4.69) is 0 Å². The van der Waals surface area contributed by atoms with Crippen LogP contribution in [-0.4, -0.2) is 6.17 Å². The lowest BCUT2D eigenvalue weighted by Crippen LogP contribution is -2.07. The van der Waals surface area contributed by atoms with E-state index in [0.29, 0.717) is 0 Å². The van der Waals surface area contributed by atoms with E-state index in [1.807, 2.05) is 6.92 Å². The molecule has 0 spiro atoms. The molecule has 0 radical (unpaired) electrons. The predicted octanol–water partition coefficient (Wildman–Crippen LogP) is 2.14. The van der Waals surface area contributed by atoms with Gasteiger partial charge in [0.25, 0.3) is 0 Å². The maximum Gasteiger partial charge on any atom is 0.103 e. The SMILES string of the molecule is CC(F)C1(C)CC1. The minimum absolute atomic E-state index is 0.0833. The van der Waals surface area contributed by atoms with E-state index >= 15 is 0 Å². The van der Waals surface area contributed by atoms with Gasteiger partial charge in [-0.3, -0.25) is 0 Å². The lowest BCUT2D eigenvalue weighted by molar-refractivity contribution is 0.246. The molecule has 0 aliphatic heterocycles. The molecule has 0 aromatic carbocycles. The van der Waals surface area contributed by atoms with Gasteiger partial charge in [-0.05, 0) is 25.2 Å². The van der Waals surface area contributed by atoms with Crippen LogP contribution in [0.4, 0.5) is 4.39 Å². The first-order valence-corrected chi connectivity index (χ1v) is 2.79. The summed E-state index contributed by atoms with van der Waals surface area (Å²) in [5, 5.41) is 0. The Hall–Kier alpha value is -0.0700. The maximum atomic E-state index is 12.3. The largest absolute Gasteiger partial charge is 0.247 e. The van der Waals surface area contributed by atoms with Crippen LogP contribution in [0.25, 0.3) is 0 Å². The third kappa shape index (κ3) is 0.767. The molecule has 1 saturated carbocycles. The molecule has 0 nitrogen and oxygen atoms in total. The van der Waals surface area contributed by atoms with Gasteiger partial charge in [-0.25, -0.2) is 4.39 Å². The van der Waals surface area contributed by atoms with Gasteiger partial charge < -0.3 is 0 Å². The second-order valence-electron chi connectivity index (χ2n) is 2.77. The summed E-state index contributed by atoms with van der Waals surface area (Å²) < 4.78 is 12.3. The monoisotopic (exact) mass is 102 g/mol. The van der Waals surface area contributed by atoms with Crippen molar-refractivity contribution in [1.29, 1.82) is 0 Å². The maximum absolute atomic E-state index is 12.3. The molecule has 1 aliphatic carbocycles. The van der Waals surface area contributed by atoms with Gasteiger partial charge in [-0.1, -0.05) is 6.92 Å². The quantitative estimate of drug-likeness (QED) is 0.476. The van der Waals surface area contributed by atoms with Crippen LogP contribution < -0.4 is 0 Å². The summed E-state index contributed by atoms with van der Waals surface area (Å²) in [4.78, 5) is 0. The van der Waals surface area contributed by atoms with Crippen LogP contribution in [0.1, 0.15) is 26.7 Å². The highest BCUT2D eigenvalue weighted by Gasteiger charge is 2.42. The number of rotatable bonds is 1. The van der Waals surface area contributed by atoms with Gasteiger partial charge in [0, 0.05) is 0 Å². The number of halogens is 1. The lowest BCUT2D eigenvalue weighted by atomic mass is 10.1. The molecule has 1 heteroatoms. The third-order valence-electron chi connectivity index (χ3n) is 2.00. The predicted molar refractivity (Wildman–Crippen MR) is 27.9 cm³/mol. The molecule has 0 saturated heterocycles. The van der Waals surface area contributed by atoms with Crippen LogP contribution in [0.15, 0.2) is 0 Å². The summed E-state index contributed by atoms with van der Waals surface area (Å²) in [7, 11) is 0. The Kier molecular flexibility index (Phi) is 0.875. The Balaban J connectivity index is 2.39. The van der Waals surface area contributed by atoms with Crippen molar-refractivity contribution < 1.29 is 4.39 Å². The Morgan fingerprint density at radius 3 is 2.00 bits per heavy atom. The highest BCUT2D eigenvalue weighted by atomic mass is 19.1. The second-order valence-corrected chi connectivity index (χ2v) is 2.77. The zero-order chi connectivity index (χ0) is 5.49. The average molecular weight is 102 g/mol. The molecule has 0 aromatic rings. The van der Waals surface area contributed by atoms with Crippen LogP contribution in [0.3, 0.4) is 0 Å². The van der Waals surface area contributed by atoms with E-state index in [-0.39, 0.29) is 5.41 Å². The highest BCUT2D eigenvalue weighted by Crippen LogP contribution is 2.49. The molecule has 0 heterocycles. The molecule has 1 unspecified atom stereocenters. The van der Waals surface area contributed by atoms with Gasteiger partial charge >= 0.3 is 0 Å². The molecule has 1 fully saturated rings. The van der Waals surface area contributed by atoms with E-state index < -0.39 is 6.17 Å². The van der Waals surface area contributed by atoms with Crippen molar-refractivity contribution in [1.82, 2.24) is 0 Å². The van der Waals surface area contributed by atoms with Crippen molar-refractivity contribution >= 4 is 0 Å². The first kappa shape index (κ1) is 5.07. The fourth-order valence-electron chi connectivity index (χ4n) is 0.595. The molecule has 0 amide bonds. The topological polar surface area (TPSA) is 0 Å². The van der Waals surface area contributed by atoms with Crippen molar-refractivity contribution in [2.75, 3.05) is 0 Å². The fourth-order valence-corrected chi connectivity index (χ4v) is 0.595.